The Morgan fingerprint density at radius 2 is 2.06 bits per heavy atom. The number of amides is 4. The van der Waals surface area contributed by atoms with Crippen LogP contribution in [0.1, 0.15) is 25.7 Å². The lowest BCUT2D eigenvalue weighted by atomic mass is 10.0. The summed E-state index contributed by atoms with van der Waals surface area (Å²) in [4.78, 5) is 39.1. The highest BCUT2D eigenvalue weighted by molar-refractivity contribution is 6.20. The zero-order chi connectivity index (χ0) is 12.9. The first kappa shape index (κ1) is 11.6. The van der Waals surface area contributed by atoms with Gasteiger partial charge in [-0.25, -0.2) is 4.79 Å². The van der Waals surface area contributed by atoms with Crippen molar-refractivity contribution < 1.29 is 14.4 Å². The second kappa shape index (κ2) is 3.78. The number of nitrogens with one attached hydrogen (secondary N) is 1. The third-order valence-electron chi connectivity index (χ3n) is 4.37. The molecular formula is C12H17N3O3. The van der Waals surface area contributed by atoms with E-state index >= 15 is 0 Å². The average Bonchev–Trinajstić information content (AvgIpc) is 3.03. The largest absolute Gasteiger partial charge is 0.330 e. The molecule has 0 aromatic rings. The highest BCUT2D eigenvalue weighted by Crippen LogP contribution is 2.49. The van der Waals surface area contributed by atoms with Crippen molar-refractivity contribution in [2.75, 3.05) is 20.1 Å². The lowest BCUT2D eigenvalue weighted by Gasteiger charge is -2.33. The molecule has 6 heteroatoms. The van der Waals surface area contributed by atoms with Gasteiger partial charge in [0.05, 0.1) is 0 Å². The van der Waals surface area contributed by atoms with E-state index in [1.807, 2.05) is 7.05 Å². The summed E-state index contributed by atoms with van der Waals surface area (Å²) in [5.74, 6) is -0.704. The molecule has 4 amide bonds. The monoisotopic (exact) mass is 251 g/mol. The van der Waals surface area contributed by atoms with Crippen molar-refractivity contribution in [2.24, 2.45) is 5.41 Å². The Hall–Kier alpha value is -1.43. The zero-order valence-electron chi connectivity index (χ0n) is 10.4. The van der Waals surface area contributed by atoms with Crippen LogP contribution < -0.4 is 5.32 Å². The lowest BCUT2D eigenvalue weighted by Crippen LogP contribution is -2.61. The fourth-order valence-corrected chi connectivity index (χ4v) is 2.88. The van der Waals surface area contributed by atoms with E-state index in [9.17, 15) is 14.4 Å². The highest BCUT2D eigenvalue weighted by atomic mass is 16.2. The van der Waals surface area contributed by atoms with Gasteiger partial charge >= 0.3 is 6.03 Å². The molecule has 1 atom stereocenters. The Labute approximate surface area is 105 Å². The summed E-state index contributed by atoms with van der Waals surface area (Å²) in [7, 11) is 2.00. The van der Waals surface area contributed by atoms with Crippen molar-refractivity contribution in [3.63, 3.8) is 0 Å². The third-order valence-corrected chi connectivity index (χ3v) is 4.37. The molecule has 0 aromatic heterocycles. The molecule has 18 heavy (non-hydrogen) atoms. The zero-order valence-corrected chi connectivity index (χ0v) is 10.4. The number of likely N-dealkylation sites (tertiary alicyclic amines) is 1. The van der Waals surface area contributed by atoms with Gasteiger partial charge in [0.1, 0.15) is 5.41 Å². The van der Waals surface area contributed by atoms with E-state index in [-0.39, 0.29) is 11.9 Å². The molecule has 3 aliphatic rings. The smallest absolute Gasteiger partial charge is 0.302 e. The minimum atomic E-state index is -0.912. The van der Waals surface area contributed by atoms with Crippen LogP contribution in [0.4, 0.5) is 4.79 Å². The van der Waals surface area contributed by atoms with E-state index in [0.717, 1.165) is 19.4 Å². The molecule has 0 bridgehead atoms. The van der Waals surface area contributed by atoms with Crippen LogP contribution in [0.5, 0.6) is 0 Å². The number of hydrogen-bond donors (Lipinski definition) is 1. The molecule has 1 aliphatic carbocycles. The highest BCUT2D eigenvalue weighted by Gasteiger charge is 2.62. The van der Waals surface area contributed by atoms with E-state index < -0.39 is 17.4 Å². The van der Waals surface area contributed by atoms with Gasteiger partial charge in [-0.1, -0.05) is 0 Å². The summed E-state index contributed by atoms with van der Waals surface area (Å²) in [6, 6.07) is -0.327. The minimum Gasteiger partial charge on any atom is -0.302 e. The molecule has 3 rings (SSSR count). The van der Waals surface area contributed by atoms with E-state index in [2.05, 4.69) is 10.2 Å². The maximum Gasteiger partial charge on any atom is 0.330 e. The van der Waals surface area contributed by atoms with Crippen LogP contribution in [-0.4, -0.2) is 53.8 Å². The number of rotatable bonds is 2. The van der Waals surface area contributed by atoms with Gasteiger partial charge in [0.2, 0.25) is 11.8 Å². The molecule has 0 radical (unpaired) electrons. The van der Waals surface area contributed by atoms with Gasteiger partial charge in [0.25, 0.3) is 0 Å². The Morgan fingerprint density at radius 1 is 1.33 bits per heavy atom. The topological polar surface area (TPSA) is 69.7 Å². The van der Waals surface area contributed by atoms with Crippen molar-refractivity contribution in [3.8, 4) is 0 Å². The predicted molar refractivity (Wildman–Crippen MR) is 62.6 cm³/mol. The lowest BCUT2D eigenvalue weighted by molar-refractivity contribution is -0.145. The number of barbiturate groups is 1. The number of hydrogen-bond acceptors (Lipinski definition) is 4. The maximum absolute atomic E-state index is 12.3. The second-order valence-corrected chi connectivity index (χ2v) is 5.53. The van der Waals surface area contributed by atoms with E-state index in [4.69, 9.17) is 0 Å². The molecule has 1 spiro atoms. The first-order valence-electron chi connectivity index (χ1n) is 6.42. The Bertz CT molecular complexity index is 430. The van der Waals surface area contributed by atoms with Gasteiger partial charge in [0.15, 0.2) is 0 Å². The molecule has 98 valence electrons. The van der Waals surface area contributed by atoms with Gasteiger partial charge in [0, 0.05) is 12.6 Å². The van der Waals surface area contributed by atoms with Crippen molar-refractivity contribution in [1.82, 2.24) is 15.1 Å². The molecule has 6 nitrogen and oxygen atoms in total. The number of urea groups is 1. The fraction of sp³-hybridized carbons (Fsp3) is 0.750. The summed E-state index contributed by atoms with van der Waals surface area (Å²) >= 11 is 0. The Kier molecular flexibility index (Phi) is 2.45. The molecule has 2 saturated heterocycles. The van der Waals surface area contributed by atoms with Crippen LogP contribution in [0.15, 0.2) is 0 Å². The third kappa shape index (κ3) is 1.55. The molecule has 1 saturated carbocycles. The van der Waals surface area contributed by atoms with E-state index in [1.54, 1.807) is 0 Å². The van der Waals surface area contributed by atoms with Gasteiger partial charge in [-0.05, 0) is 39.3 Å². The standard InChI is InChI=1S/C12H17N3O3/c1-14-6-2-3-8(14)7-15-10(17)12(4-5-12)9(16)13-11(15)18/h8H,2-7H2,1H3,(H,13,16,18). The number of likely N-dealkylation sites (N-methyl/N-ethyl adjacent to an activating group) is 1. The van der Waals surface area contributed by atoms with Crippen molar-refractivity contribution in [1.29, 1.82) is 0 Å². The molecule has 3 fully saturated rings. The van der Waals surface area contributed by atoms with Crippen LogP contribution in [0.2, 0.25) is 0 Å². The normalized spacial score (nSPS) is 31.1. The van der Waals surface area contributed by atoms with Gasteiger partial charge in [-0.15, -0.1) is 0 Å². The van der Waals surface area contributed by atoms with Crippen LogP contribution in [-0.2, 0) is 9.59 Å². The summed E-state index contributed by atoms with van der Waals surface area (Å²) in [5.41, 5.74) is -0.912. The minimum absolute atomic E-state index is 0.226. The Morgan fingerprint density at radius 3 is 2.61 bits per heavy atom. The van der Waals surface area contributed by atoms with Crippen LogP contribution in [0, 0.1) is 5.41 Å². The quantitative estimate of drug-likeness (QED) is 0.698. The van der Waals surface area contributed by atoms with Crippen molar-refractivity contribution in [3.05, 3.63) is 0 Å². The van der Waals surface area contributed by atoms with Gasteiger partial charge < -0.3 is 4.90 Å². The summed E-state index contributed by atoms with van der Waals surface area (Å²) in [6.07, 6.45) is 3.23. The SMILES string of the molecule is CN1CCCC1CN1C(=O)NC(=O)C2(CC2)C1=O. The van der Waals surface area contributed by atoms with Crippen LogP contribution >= 0.6 is 0 Å². The molecule has 0 aromatic carbocycles. The molecular weight excluding hydrogens is 234 g/mol. The number of nitrogens with zero attached hydrogens (tertiary/aromatic N) is 2. The fourth-order valence-electron chi connectivity index (χ4n) is 2.88. The predicted octanol–water partition coefficient (Wildman–Crippen LogP) is -0.0608. The maximum atomic E-state index is 12.3. The molecule has 2 heterocycles. The second-order valence-electron chi connectivity index (χ2n) is 5.53. The first-order chi connectivity index (χ1) is 8.54. The summed E-state index contributed by atoms with van der Waals surface area (Å²) < 4.78 is 0. The molecule has 2 aliphatic heterocycles. The van der Waals surface area contributed by atoms with Gasteiger partial charge in [-0.2, -0.15) is 0 Å². The van der Waals surface area contributed by atoms with Crippen LogP contribution in [0.3, 0.4) is 0 Å². The number of imide groups is 2. The average molecular weight is 251 g/mol. The first-order valence-corrected chi connectivity index (χ1v) is 6.42. The van der Waals surface area contributed by atoms with Gasteiger partial charge in [-0.3, -0.25) is 19.8 Å². The van der Waals surface area contributed by atoms with Crippen molar-refractivity contribution >= 4 is 17.8 Å². The van der Waals surface area contributed by atoms with E-state index in [1.165, 1.54) is 4.90 Å². The number of carbonyl (C=O) groups is 3. The molecule has 1 unspecified atom stereocenters. The van der Waals surface area contributed by atoms with Crippen molar-refractivity contribution in [2.45, 2.75) is 31.7 Å². The van der Waals surface area contributed by atoms with E-state index in [0.29, 0.717) is 19.4 Å². The summed E-state index contributed by atoms with van der Waals surface area (Å²) in [6.45, 7) is 1.40. The molecule has 1 N–H and O–H groups in total. The Balaban J connectivity index is 1.76. The number of carbonyl (C=O) groups excluding carboxylic acids is 3. The summed E-state index contributed by atoms with van der Waals surface area (Å²) in [5, 5.41) is 2.31. The van der Waals surface area contributed by atoms with Crippen LogP contribution in [0.25, 0.3) is 0 Å².